The zero-order chi connectivity index (χ0) is 19.9. The van der Waals surface area contributed by atoms with E-state index in [9.17, 15) is 9.59 Å². The summed E-state index contributed by atoms with van der Waals surface area (Å²) in [5, 5.41) is 0. The van der Waals surface area contributed by atoms with Crippen LogP contribution in [0, 0.1) is 0 Å². The van der Waals surface area contributed by atoms with Crippen molar-refractivity contribution in [3.63, 3.8) is 0 Å². The lowest BCUT2D eigenvalue weighted by molar-refractivity contribution is -0.119. The van der Waals surface area contributed by atoms with Gasteiger partial charge in [0.25, 0.3) is 11.8 Å². The van der Waals surface area contributed by atoms with Crippen molar-refractivity contribution in [2.24, 2.45) is 5.73 Å². The van der Waals surface area contributed by atoms with Crippen LogP contribution >= 0.6 is 0 Å². The second-order valence-electron chi connectivity index (χ2n) is 6.48. The van der Waals surface area contributed by atoms with Crippen molar-refractivity contribution in [2.75, 3.05) is 13.7 Å². The Labute approximate surface area is 164 Å². The maximum atomic E-state index is 12.8. The molecule has 28 heavy (non-hydrogen) atoms. The largest absolute Gasteiger partial charge is 0.483 e. The van der Waals surface area contributed by atoms with Crippen molar-refractivity contribution in [2.45, 2.75) is 6.54 Å². The van der Waals surface area contributed by atoms with Crippen molar-refractivity contribution in [1.82, 2.24) is 4.90 Å². The van der Waals surface area contributed by atoms with Gasteiger partial charge in [0.1, 0.15) is 5.75 Å². The molecule has 0 radical (unpaired) electrons. The molecule has 3 aromatic carbocycles. The molecule has 0 saturated heterocycles. The van der Waals surface area contributed by atoms with E-state index in [1.54, 1.807) is 36.2 Å². The molecule has 0 aromatic heterocycles. The summed E-state index contributed by atoms with van der Waals surface area (Å²) in [6.45, 7) is 0.188. The van der Waals surface area contributed by atoms with Gasteiger partial charge in [0, 0.05) is 13.6 Å². The van der Waals surface area contributed by atoms with Gasteiger partial charge in [-0.3, -0.25) is 9.59 Å². The second kappa shape index (κ2) is 8.86. The molecule has 2 N–H and O–H groups in total. The first-order chi connectivity index (χ1) is 13.5. The van der Waals surface area contributed by atoms with E-state index in [2.05, 4.69) is 12.1 Å². The molecule has 3 aromatic rings. The number of nitrogens with two attached hydrogens (primary N) is 1. The van der Waals surface area contributed by atoms with Crippen molar-refractivity contribution in [1.29, 1.82) is 0 Å². The molecule has 5 heteroatoms. The number of ether oxygens (including phenoxy) is 1. The molecule has 0 unspecified atom stereocenters. The summed E-state index contributed by atoms with van der Waals surface area (Å²) < 4.78 is 5.36. The number of hydrogen-bond donors (Lipinski definition) is 1. The number of para-hydroxylation sites is 1. The number of carbonyl (C=O) groups is 2. The van der Waals surface area contributed by atoms with E-state index in [1.165, 1.54) is 0 Å². The molecule has 0 aliphatic rings. The second-order valence-corrected chi connectivity index (χ2v) is 6.48. The van der Waals surface area contributed by atoms with Gasteiger partial charge in [-0.25, -0.2) is 0 Å². The molecular weight excluding hydrogens is 352 g/mol. The number of rotatable bonds is 7. The smallest absolute Gasteiger partial charge is 0.257 e. The first-order valence-electron chi connectivity index (χ1n) is 8.94. The van der Waals surface area contributed by atoms with Crippen molar-refractivity contribution in [3.05, 3.63) is 90.0 Å². The lowest BCUT2D eigenvalue weighted by Crippen LogP contribution is -2.27. The van der Waals surface area contributed by atoms with Gasteiger partial charge >= 0.3 is 0 Å². The van der Waals surface area contributed by atoms with Crippen LogP contribution in [0.15, 0.2) is 78.9 Å². The average Bonchev–Trinajstić information content (AvgIpc) is 2.73. The minimum absolute atomic E-state index is 0.188. The summed E-state index contributed by atoms with van der Waals surface area (Å²) >= 11 is 0. The molecule has 0 heterocycles. The Kier molecular flexibility index (Phi) is 6.07. The molecule has 5 nitrogen and oxygen atoms in total. The summed E-state index contributed by atoms with van der Waals surface area (Å²) in [5.41, 5.74) is 8.82. The van der Waals surface area contributed by atoms with Crippen LogP contribution in [0.2, 0.25) is 0 Å². The monoisotopic (exact) mass is 374 g/mol. The van der Waals surface area contributed by atoms with Crippen LogP contribution in [-0.4, -0.2) is 30.4 Å². The average molecular weight is 374 g/mol. The van der Waals surface area contributed by atoms with Gasteiger partial charge < -0.3 is 15.4 Å². The summed E-state index contributed by atoms with van der Waals surface area (Å²) in [7, 11) is 1.73. The number of benzene rings is 3. The van der Waals surface area contributed by atoms with Crippen LogP contribution in [0.1, 0.15) is 15.9 Å². The molecule has 0 aliphatic heterocycles. The van der Waals surface area contributed by atoms with Gasteiger partial charge in [-0.2, -0.15) is 0 Å². The molecular formula is C23H22N2O3. The number of nitrogens with zero attached hydrogens (tertiary/aromatic N) is 1. The summed E-state index contributed by atoms with van der Waals surface area (Å²) in [6, 6.07) is 25.1. The Balaban J connectivity index is 1.70. The van der Waals surface area contributed by atoms with E-state index in [1.807, 2.05) is 42.5 Å². The third-order valence-electron chi connectivity index (χ3n) is 4.31. The summed E-state index contributed by atoms with van der Waals surface area (Å²) in [4.78, 5) is 25.4. The maximum absolute atomic E-state index is 12.8. The predicted molar refractivity (Wildman–Crippen MR) is 109 cm³/mol. The zero-order valence-corrected chi connectivity index (χ0v) is 15.7. The Morgan fingerprint density at radius 1 is 0.857 bits per heavy atom. The quantitative estimate of drug-likeness (QED) is 0.688. The first-order valence-corrected chi connectivity index (χ1v) is 8.94. The van der Waals surface area contributed by atoms with Crippen LogP contribution in [-0.2, 0) is 11.3 Å². The Morgan fingerprint density at radius 3 is 2.14 bits per heavy atom. The highest BCUT2D eigenvalue weighted by atomic mass is 16.5. The van der Waals surface area contributed by atoms with Crippen molar-refractivity contribution in [3.8, 4) is 16.9 Å². The highest BCUT2D eigenvalue weighted by Crippen LogP contribution is 2.22. The molecule has 142 valence electrons. The van der Waals surface area contributed by atoms with Gasteiger partial charge in [-0.15, -0.1) is 0 Å². The highest BCUT2D eigenvalue weighted by Gasteiger charge is 2.17. The lowest BCUT2D eigenvalue weighted by Gasteiger charge is -2.19. The van der Waals surface area contributed by atoms with Gasteiger partial charge in [-0.05, 0) is 28.8 Å². The molecule has 2 amide bonds. The van der Waals surface area contributed by atoms with Crippen molar-refractivity contribution >= 4 is 11.8 Å². The topological polar surface area (TPSA) is 72.6 Å². The molecule has 0 spiro atoms. The van der Waals surface area contributed by atoms with Gasteiger partial charge in [0.2, 0.25) is 0 Å². The molecule has 0 fully saturated rings. The molecule has 0 bridgehead atoms. The fourth-order valence-electron chi connectivity index (χ4n) is 2.90. The number of primary amides is 1. The van der Waals surface area contributed by atoms with Crippen LogP contribution in [0.3, 0.4) is 0 Å². The Morgan fingerprint density at radius 2 is 1.46 bits per heavy atom. The molecule has 0 aliphatic carbocycles. The van der Waals surface area contributed by atoms with Crippen LogP contribution in [0.5, 0.6) is 5.75 Å². The van der Waals surface area contributed by atoms with E-state index in [0.717, 1.165) is 16.7 Å². The SMILES string of the molecule is CN(Cc1ccc(-c2ccccc2)cc1)C(=O)c1ccccc1OCC(N)=O. The maximum Gasteiger partial charge on any atom is 0.257 e. The first kappa shape index (κ1) is 19.2. The van der Waals surface area contributed by atoms with E-state index in [0.29, 0.717) is 17.9 Å². The fourth-order valence-corrected chi connectivity index (χ4v) is 2.90. The lowest BCUT2D eigenvalue weighted by atomic mass is 10.0. The van der Waals surface area contributed by atoms with Crippen LogP contribution < -0.4 is 10.5 Å². The number of amides is 2. The number of hydrogen-bond acceptors (Lipinski definition) is 3. The fraction of sp³-hybridized carbons (Fsp3) is 0.130. The summed E-state index contributed by atoms with van der Waals surface area (Å²) in [5.74, 6) is -0.432. The van der Waals surface area contributed by atoms with Crippen molar-refractivity contribution < 1.29 is 14.3 Å². The Bertz CT molecular complexity index is 953. The Hall–Kier alpha value is -3.60. The summed E-state index contributed by atoms with van der Waals surface area (Å²) in [6.07, 6.45) is 0. The van der Waals surface area contributed by atoms with E-state index < -0.39 is 5.91 Å². The van der Waals surface area contributed by atoms with Crippen LogP contribution in [0.25, 0.3) is 11.1 Å². The predicted octanol–water partition coefficient (Wildman–Crippen LogP) is 3.49. The third kappa shape index (κ3) is 4.76. The zero-order valence-electron chi connectivity index (χ0n) is 15.7. The highest BCUT2D eigenvalue weighted by molar-refractivity contribution is 5.96. The van der Waals surface area contributed by atoms with E-state index >= 15 is 0 Å². The third-order valence-corrected chi connectivity index (χ3v) is 4.31. The van der Waals surface area contributed by atoms with Crippen LogP contribution in [0.4, 0.5) is 0 Å². The van der Waals surface area contributed by atoms with E-state index in [4.69, 9.17) is 10.5 Å². The molecule has 0 saturated carbocycles. The minimum Gasteiger partial charge on any atom is -0.483 e. The van der Waals surface area contributed by atoms with E-state index in [-0.39, 0.29) is 12.5 Å². The standard InChI is InChI=1S/C23H22N2O3/c1-25(23(27)20-9-5-6-10-21(20)28-16-22(24)26)15-17-11-13-19(14-12-17)18-7-3-2-4-8-18/h2-14H,15-16H2,1H3,(H2,24,26). The molecule has 0 atom stereocenters. The van der Waals surface area contributed by atoms with Gasteiger partial charge in [-0.1, -0.05) is 66.7 Å². The van der Waals surface area contributed by atoms with Gasteiger partial charge in [0.15, 0.2) is 6.61 Å². The molecule has 3 rings (SSSR count). The normalized spacial score (nSPS) is 10.3. The minimum atomic E-state index is -0.589. The van der Waals surface area contributed by atoms with Gasteiger partial charge in [0.05, 0.1) is 5.56 Å². The number of carbonyl (C=O) groups excluding carboxylic acids is 2.